The second-order valence-electron chi connectivity index (χ2n) is 7.02. The Balaban J connectivity index is 1.46. The van der Waals surface area contributed by atoms with Crippen LogP contribution in [0.15, 0.2) is 34.7 Å². The fourth-order valence-electron chi connectivity index (χ4n) is 3.19. The Labute approximate surface area is 180 Å². The molecule has 7 nitrogen and oxygen atoms in total. The van der Waals surface area contributed by atoms with Crippen molar-refractivity contribution in [1.29, 1.82) is 0 Å². The Morgan fingerprint density at radius 3 is 2.77 bits per heavy atom. The predicted molar refractivity (Wildman–Crippen MR) is 108 cm³/mol. The van der Waals surface area contributed by atoms with Crippen LogP contribution in [0, 0.1) is 6.92 Å². The van der Waals surface area contributed by atoms with Crippen molar-refractivity contribution in [2.45, 2.75) is 19.6 Å². The minimum atomic E-state index is -4.46. The lowest BCUT2D eigenvalue weighted by Gasteiger charge is -2.25. The summed E-state index contributed by atoms with van der Waals surface area (Å²) in [7, 11) is 0. The molecule has 0 saturated carbocycles. The van der Waals surface area contributed by atoms with Gasteiger partial charge in [0.25, 0.3) is 5.91 Å². The van der Waals surface area contributed by atoms with Crippen LogP contribution in [0.1, 0.15) is 27.5 Å². The molecular weight excluding hydrogens is 433 g/mol. The number of nitrogens with one attached hydrogen (secondary N) is 1. The molecule has 0 radical (unpaired) electrons. The van der Waals surface area contributed by atoms with Crippen molar-refractivity contribution in [3.63, 3.8) is 0 Å². The fourth-order valence-corrected chi connectivity index (χ4v) is 3.77. The van der Waals surface area contributed by atoms with Crippen LogP contribution in [-0.4, -0.2) is 46.5 Å². The lowest BCUT2D eigenvalue weighted by Crippen LogP contribution is -2.35. The molecule has 0 unspecified atom stereocenters. The molecule has 2 aromatic heterocycles. The highest BCUT2D eigenvalue weighted by Crippen LogP contribution is 2.33. The van der Waals surface area contributed by atoms with Crippen molar-refractivity contribution < 1.29 is 27.1 Å². The zero-order valence-electron chi connectivity index (χ0n) is 16.5. The summed E-state index contributed by atoms with van der Waals surface area (Å²) in [5.74, 6) is 0.617. The Bertz CT molecular complexity index is 1070. The third-order valence-corrected chi connectivity index (χ3v) is 5.46. The van der Waals surface area contributed by atoms with Crippen molar-refractivity contribution in [3.8, 4) is 11.3 Å². The molecule has 3 aromatic rings. The van der Waals surface area contributed by atoms with Crippen molar-refractivity contribution >= 4 is 22.6 Å². The Kier molecular flexibility index (Phi) is 6.08. The number of aromatic nitrogens is 2. The lowest BCUT2D eigenvalue weighted by atomic mass is 10.1. The second kappa shape index (κ2) is 8.77. The minimum absolute atomic E-state index is 0.180. The number of rotatable bonds is 5. The summed E-state index contributed by atoms with van der Waals surface area (Å²) in [4.78, 5) is 19.2. The van der Waals surface area contributed by atoms with Gasteiger partial charge in [-0.1, -0.05) is 12.1 Å². The zero-order valence-corrected chi connectivity index (χ0v) is 17.3. The van der Waals surface area contributed by atoms with E-state index in [9.17, 15) is 18.0 Å². The number of carbonyl (C=O) groups is 1. The molecule has 1 aliphatic rings. The van der Waals surface area contributed by atoms with Crippen LogP contribution in [0.4, 0.5) is 18.3 Å². The van der Waals surface area contributed by atoms with Crippen LogP contribution < -0.4 is 5.32 Å². The molecule has 11 heteroatoms. The highest BCUT2D eigenvalue weighted by Gasteiger charge is 2.31. The van der Waals surface area contributed by atoms with Gasteiger partial charge < -0.3 is 9.15 Å². The first-order valence-corrected chi connectivity index (χ1v) is 10.3. The normalized spacial score (nSPS) is 15.2. The third-order valence-electron chi connectivity index (χ3n) is 4.79. The molecule has 1 saturated heterocycles. The van der Waals surface area contributed by atoms with E-state index in [2.05, 4.69) is 19.6 Å². The molecule has 1 aromatic carbocycles. The maximum absolute atomic E-state index is 13.0. The average Bonchev–Trinajstić information content (AvgIpc) is 3.34. The van der Waals surface area contributed by atoms with Gasteiger partial charge in [-0.05, 0) is 25.1 Å². The number of ether oxygens (including phenoxy) is 1. The molecule has 1 amide bonds. The lowest BCUT2D eigenvalue weighted by molar-refractivity contribution is -0.137. The van der Waals surface area contributed by atoms with E-state index in [1.165, 1.54) is 18.2 Å². The number of nitrogens with zero attached hydrogens (tertiary/aromatic N) is 3. The van der Waals surface area contributed by atoms with Crippen molar-refractivity contribution in [3.05, 3.63) is 53.0 Å². The largest absolute Gasteiger partial charge is 0.461 e. The summed E-state index contributed by atoms with van der Waals surface area (Å²) < 4.78 is 54.1. The second-order valence-corrected chi connectivity index (χ2v) is 7.77. The molecular formula is C20H19F3N4O3S. The van der Waals surface area contributed by atoms with Crippen LogP contribution in [-0.2, 0) is 17.5 Å². The molecule has 31 heavy (non-hydrogen) atoms. The molecule has 164 valence electrons. The van der Waals surface area contributed by atoms with Crippen LogP contribution in [0.2, 0.25) is 0 Å². The molecule has 1 N–H and O–H groups in total. The van der Waals surface area contributed by atoms with E-state index in [0.29, 0.717) is 36.5 Å². The average molecular weight is 452 g/mol. The Morgan fingerprint density at radius 1 is 1.26 bits per heavy atom. The smallest absolute Gasteiger partial charge is 0.416 e. The SMILES string of the molecule is Cc1oc(-c2cccc(C(F)(F)F)c2)cc1C(=O)Nc1nc(CN2CCOCC2)ns1. The zero-order chi connectivity index (χ0) is 22.0. The summed E-state index contributed by atoms with van der Waals surface area (Å²) >= 11 is 1.07. The number of furan rings is 1. The van der Waals surface area contributed by atoms with Gasteiger partial charge in [0.2, 0.25) is 5.13 Å². The number of morpholine rings is 1. The quantitative estimate of drug-likeness (QED) is 0.625. The molecule has 1 fully saturated rings. The van der Waals surface area contributed by atoms with Crippen LogP contribution >= 0.6 is 11.5 Å². The van der Waals surface area contributed by atoms with Gasteiger partial charge in [-0.3, -0.25) is 15.0 Å². The minimum Gasteiger partial charge on any atom is -0.461 e. The standard InChI is InChI=1S/C20H19F3N4O3S/c1-12-15(10-16(30-12)13-3-2-4-14(9-13)20(21,22)23)18(28)25-19-24-17(26-31-19)11-27-5-7-29-8-6-27/h2-4,9-10H,5-8,11H2,1H3,(H,24,25,26,28). The van der Waals surface area contributed by atoms with Gasteiger partial charge in [-0.2, -0.15) is 17.5 Å². The number of amides is 1. The highest BCUT2D eigenvalue weighted by molar-refractivity contribution is 7.09. The molecule has 0 bridgehead atoms. The number of alkyl halides is 3. The fraction of sp³-hybridized carbons (Fsp3) is 0.350. The summed E-state index contributed by atoms with van der Waals surface area (Å²) in [5, 5.41) is 3.02. The first-order chi connectivity index (χ1) is 14.8. The number of benzene rings is 1. The van der Waals surface area contributed by atoms with E-state index in [-0.39, 0.29) is 16.9 Å². The molecule has 3 heterocycles. The molecule has 4 rings (SSSR count). The van der Waals surface area contributed by atoms with Crippen LogP contribution in [0.5, 0.6) is 0 Å². The Morgan fingerprint density at radius 2 is 2.03 bits per heavy atom. The summed E-state index contributed by atoms with van der Waals surface area (Å²) in [6, 6.07) is 6.19. The van der Waals surface area contributed by atoms with E-state index in [1.807, 2.05) is 0 Å². The van der Waals surface area contributed by atoms with Crippen LogP contribution in [0.3, 0.4) is 0 Å². The number of carbonyl (C=O) groups excluding carboxylic acids is 1. The van der Waals surface area contributed by atoms with Gasteiger partial charge in [0.05, 0.1) is 30.9 Å². The highest BCUT2D eigenvalue weighted by atomic mass is 32.1. The summed E-state index contributed by atoms with van der Waals surface area (Å²) in [6.07, 6.45) is -4.46. The van der Waals surface area contributed by atoms with E-state index >= 15 is 0 Å². The van der Waals surface area contributed by atoms with Gasteiger partial charge in [0.15, 0.2) is 5.82 Å². The predicted octanol–water partition coefficient (Wildman–Crippen LogP) is 4.21. The third kappa shape index (κ3) is 5.12. The number of aryl methyl sites for hydroxylation is 1. The monoisotopic (exact) mass is 452 g/mol. The van der Waals surface area contributed by atoms with Gasteiger partial charge in [0, 0.05) is 30.2 Å². The molecule has 1 aliphatic heterocycles. The number of anilines is 1. The van der Waals surface area contributed by atoms with E-state index in [4.69, 9.17) is 9.15 Å². The number of halogens is 3. The first-order valence-electron chi connectivity index (χ1n) is 9.52. The summed E-state index contributed by atoms with van der Waals surface area (Å²) in [6.45, 7) is 5.08. The van der Waals surface area contributed by atoms with Crippen molar-refractivity contribution in [2.75, 3.05) is 31.6 Å². The van der Waals surface area contributed by atoms with Gasteiger partial charge in [-0.25, -0.2) is 4.98 Å². The van der Waals surface area contributed by atoms with E-state index < -0.39 is 17.6 Å². The topological polar surface area (TPSA) is 80.5 Å². The molecule has 0 aliphatic carbocycles. The number of hydrogen-bond acceptors (Lipinski definition) is 7. The molecule has 0 atom stereocenters. The van der Waals surface area contributed by atoms with E-state index in [0.717, 1.165) is 36.8 Å². The number of hydrogen-bond donors (Lipinski definition) is 1. The Hall–Kier alpha value is -2.76. The van der Waals surface area contributed by atoms with Crippen LogP contribution in [0.25, 0.3) is 11.3 Å². The van der Waals surface area contributed by atoms with Gasteiger partial charge in [0.1, 0.15) is 11.5 Å². The summed E-state index contributed by atoms with van der Waals surface area (Å²) in [5.41, 5.74) is -0.329. The maximum Gasteiger partial charge on any atom is 0.416 e. The van der Waals surface area contributed by atoms with Gasteiger partial charge >= 0.3 is 6.18 Å². The first kappa shape index (κ1) is 21.5. The maximum atomic E-state index is 13.0. The molecule has 0 spiro atoms. The van der Waals surface area contributed by atoms with E-state index in [1.54, 1.807) is 6.92 Å². The van der Waals surface area contributed by atoms with Crippen molar-refractivity contribution in [1.82, 2.24) is 14.3 Å². The van der Waals surface area contributed by atoms with Crippen molar-refractivity contribution in [2.24, 2.45) is 0 Å². The van der Waals surface area contributed by atoms with Gasteiger partial charge in [-0.15, -0.1) is 0 Å².